The van der Waals surface area contributed by atoms with Crippen molar-refractivity contribution >= 4 is 5.91 Å². The van der Waals surface area contributed by atoms with Crippen molar-refractivity contribution < 1.29 is 4.79 Å². The minimum atomic E-state index is 0.183. The van der Waals surface area contributed by atoms with E-state index in [4.69, 9.17) is 0 Å². The van der Waals surface area contributed by atoms with Gasteiger partial charge in [0.1, 0.15) is 0 Å². The third-order valence-electron chi connectivity index (χ3n) is 3.48. The molecule has 1 saturated carbocycles. The lowest BCUT2D eigenvalue weighted by atomic mass is 9.90. The minimum absolute atomic E-state index is 0.183. The standard InChI is InChI=1S/C10H13NO/c12-10-6-1-2-7-5-8(7)9(11-10)4-3-6/h3-4,6-9H,1-2,5H2,(H,11,12)/t6-,7+,8-,9+/m0/s1. The van der Waals surface area contributed by atoms with Crippen molar-refractivity contribution in [3.05, 3.63) is 12.2 Å². The van der Waals surface area contributed by atoms with Gasteiger partial charge in [0.2, 0.25) is 5.91 Å². The van der Waals surface area contributed by atoms with Gasteiger partial charge in [-0.15, -0.1) is 0 Å². The molecule has 4 aliphatic rings. The van der Waals surface area contributed by atoms with Crippen molar-refractivity contribution in [2.45, 2.75) is 25.3 Å². The molecule has 2 fully saturated rings. The molecule has 4 rings (SSSR count). The Morgan fingerprint density at radius 2 is 2.25 bits per heavy atom. The Hall–Kier alpha value is -0.790. The summed E-state index contributed by atoms with van der Waals surface area (Å²) in [7, 11) is 0. The number of amides is 1. The van der Waals surface area contributed by atoms with Crippen molar-refractivity contribution in [2.75, 3.05) is 0 Å². The number of nitrogens with one attached hydrogen (secondary N) is 1. The lowest BCUT2D eigenvalue weighted by Crippen LogP contribution is -2.43. The van der Waals surface area contributed by atoms with Crippen LogP contribution in [0.1, 0.15) is 19.3 Å². The second-order valence-electron chi connectivity index (χ2n) is 4.26. The molecule has 2 heterocycles. The lowest BCUT2D eigenvalue weighted by Gasteiger charge is -2.26. The molecule has 4 atom stereocenters. The normalized spacial score (nSPS) is 49.2. The first-order valence-electron chi connectivity index (χ1n) is 4.83. The first-order valence-corrected chi connectivity index (χ1v) is 4.83. The van der Waals surface area contributed by atoms with Gasteiger partial charge in [0, 0.05) is 0 Å². The molecule has 2 bridgehead atoms. The van der Waals surface area contributed by atoms with Gasteiger partial charge in [-0.3, -0.25) is 4.79 Å². The smallest absolute Gasteiger partial charge is 0.227 e. The maximum atomic E-state index is 11.4. The monoisotopic (exact) mass is 163 g/mol. The molecular formula is C10H13NO. The van der Waals surface area contributed by atoms with Crippen LogP contribution in [0.4, 0.5) is 0 Å². The fraction of sp³-hybridized carbons (Fsp3) is 0.700. The Labute approximate surface area is 72.0 Å². The predicted molar refractivity (Wildman–Crippen MR) is 45.4 cm³/mol. The molecule has 0 aromatic carbocycles. The molecule has 0 aromatic rings. The summed E-state index contributed by atoms with van der Waals surface area (Å²) in [5.41, 5.74) is 0. The van der Waals surface area contributed by atoms with Gasteiger partial charge < -0.3 is 5.32 Å². The van der Waals surface area contributed by atoms with E-state index in [2.05, 4.69) is 17.5 Å². The highest BCUT2D eigenvalue weighted by Gasteiger charge is 2.46. The summed E-state index contributed by atoms with van der Waals surface area (Å²) in [5.74, 6) is 2.13. The lowest BCUT2D eigenvalue weighted by molar-refractivity contribution is -0.125. The summed E-state index contributed by atoms with van der Waals surface area (Å²) in [6.07, 6.45) is 7.98. The molecule has 2 heteroatoms. The highest BCUT2D eigenvalue weighted by molar-refractivity contribution is 5.82. The number of hydrogen-bond donors (Lipinski definition) is 1. The van der Waals surface area contributed by atoms with Crippen LogP contribution in [0, 0.1) is 17.8 Å². The van der Waals surface area contributed by atoms with Crippen LogP contribution >= 0.6 is 0 Å². The van der Waals surface area contributed by atoms with E-state index in [1.54, 1.807) is 0 Å². The van der Waals surface area contributed by atoms with Crippen LogP contribution in [0.5, 0.6) is 0 Å². The van der Waals surface area contributed by atoms with Gasteiger partial charge in [-0.25, -0.2) is 0 Å². The molecular weight excluding hydrogens is 150 g/mol. The summed E-state index contributed by atoms with van der Waals surface area (Å²) in [4.78, 5) is 11.4. The van der Waals surface area contributed by atoms with Crippen LogP contribution in [0.2, 0.25) is 0 Å². The number of hydrogen-bond acceptors (Lipinski definition) is 1. The summed E-state index contributed by atoms with van der Waals surface area (Å²) in [6, 6.07) is 0.374. The Morgan fingerprint density at radius 1 is 1.33 bits per heavy atom. The second kappa shape index (κ2) is 2.12. The maximum absolute atomic E-state index is 11.4. The number of fused-ring (bicyclic) bond motifs is 2. The van der Waals surface area contributed by atoms with Gasteiger partial charge >= 0.3 is 0 Å². The van der Waals surface area contributed by atoms with Gasteiger partial charge in [0.25, 0.3) is 0 Å². The minimum Gasteiger partial charge on any atom is -0.349 e. The van der Waals surface area contributed by atoms with Gasteiger partial charge in [-0.2, -0.15) is 0 Å². The third-order valence-corrected chi connectivity index (χ3v) is 3.48. The Bertz CT molecular complexity index is 259. The van der Waals surface area contributed by atoms with Gasteiger partial charge in [-0.1, -0.05) is 12.2 Å². The van der Waals surface area contributed by atoms with Crippen molar-refractivity contribution in [1.82, 2.24) is 5.32 Å². The zero-order valence-corrected chi connectivity index (χ0v) is 6.99. The first-order chi connectivity index (χ1) is 5.84. The molecule has 1 N–H and O–H groups in total. The number of carbonyl (C=O) groups is 1. The molecule has 2 aliphatic carbocycles. The summed E-state index contributed by atoms with van der Waals surface area (Å²) < 4.78 is 0. The first kappa shape index (κ1) is 6.70. The average Bonchev–Trinajstić information content (AvgIpc) is 2.76. The van der Waals surface area contributed by atoms with Crippen LogP contribution in [-0.4, -0.2) is 11.9 Å². The van der Waals surface area contributed by atoms with E-state index in [0.717, 1.165) is 18.3 Å². The van der Waals surface area contributed by atoms with E-state index in [1.165, 1.54) is 12.8 Å². The highest BCUT2D eigenvalue weighted by atomic mass is 16.2. The molecule has 0 unspecified atom stereocenters. The Morgan fingerprint density at radius 3 is 3.08 bits per heavy atom. The molecule has 64 valence electrons. The summed E-state index contributed by atoms with van der Waals surface area (Å²) >= 11 is 0. The van der Waals surface area contributed by atoms with E-state index < -0.39 is 0 Å². The molecule has 2 nitrogen and oxygen atoms in total. The quantitative estimate of drug-likeness (QED) is 0.532. The molecule has 0 aromatic heterocycles. The van der Waals surface area contributed by atoms with Crippen LogP contribution in [0.15, 0.2) is 12.2 Å². The third kappa shape index (κ3) is 0.838. The Kier molecular flexibility index (Phi) is 1.18. The molecule has 1 saturated heterocycles. The van der Waals surface area contributed by atoms with Crippen molar-refractivity contribution in [3.8, 4) is 0 Å². The van der Waals surface area contributed by atoms with E-state index in [1.807, 2.05) is 0 Å². The number of carbonyl (C=O) groups excluding carboxylic acids is 1. The molecule has 12 heavy (non-hydrogen) atoms. The van der Waals surface area contributed by atoms with E-state index in [0.29, 0.717) is 6.04 Å². The Balaban J connectivity index is 1.93. The van der Waals surface area contributed by atoms with E-state index >= 15 is 0 Å². The van der Waals surface area contributed by atoms with Gasteiger partial charge in [0.05, 0.1) is 12.0 Å². The van der Waals surface area contributed by atoms with Crippen LogP contribution in [-0.2, 0) is 4.79 Å². The largest absolute Gasteiger partial charge is 0.349 e. The van der Waals surface area contributed by atoms with Gasteiger partial charge in [0.15, 0.2) is 0 Å². The van der Waals surface area contributed by atoms with Crippen molar-refractivity contribution in [1.29, 1.82) is 0 Å². The van der Waals surface area contributed by atoms with Crippen molar-refractivity contribution in [3.63, 3.8) is 0 Å². The zero-order valence-electron chi connectivity index (χ0n) is 6.99. The molecule has 1 amide bonds. The molecule has 0 spiro atoms. The SMILES string of the molecule is O=C1N[C@@H]2C=C[C@@H]1CC[C@@H]1C[C@@H]12. The van der Waals surface area contributed by atoms with E-state index in [-0.39, 0.29) is 11.8 Å². The van der Waals surface area contributed by atoms with Gasteiger partial charge in [-0.05, 0) is 31.1 Å². The van der Waals surface area contributed by atoms with Crippen LogP contribution < -0.4 is 5.32 Å². The second-order valence-corrected chi connectivity index (χ2v) is 4.26. The van der Waals surface area contributed by atoms with E-state index in [9.17, 15) is 4.79 Å². The van der Waals surface area contributed by atoms with Crippen molar-refractivity contribution in [2.24, 2.45) is 17.8 Å². The topological polar surface area (TPSA) is 29.1 Å². The zero-order chi connectivity index (χ0) is 8.13. The predicted octanol–water partition coefficient (Wildman–Crippen LogP) is 1.09. The fourth-order valence-electron chi connectivity index (χ4n) is 2.57. The average molecular weight is 163 g/mol. The maximum Gasteiger partial charge on any atom is 0.227 e. The molecule has 0 radical (unpaired) electrons. The van der Waals surface area contributed by atoms with Crippen LogP contribution in [0.25, 0.3) is 0 Å². The number of rotatable bonds is 0. The summed E-state index contributed by atoms with van der Waals surface area (Å²) in [6.45, 7) is 0. The summed E-state index contributed by atoms with van der Waals surface area (Å²) in [5, 5.41) is 3.08. The molecule has 2 aliphatic heterocycles. The highest BCUT2D eigenvalue weighted by Crippen LogP contribution is 2.48. The fourth-order valence-corrected chi connectivity index (χ4v) is 2.57. The van der Waals surface area contributed by atoms with Crippen LogP contribution in [0.3, 0.4) is 0 Å².